The lowest BCUT2D eigenvalue weighted by molar-refractivity contribution is -0.148. The fraction of sp³-hybridized carbons (Fsp3) is 0.500. The summed E-state index contributed by atoms with van der Waals surface area (Å²) in [6.07, 6.45) is 0.254. The van der Waals surface area contributed by atoms with E-state index in [0.29, 0.717) is 16.8 Å². The van der Waals surface area contributed by atoms with Crippen molar-refractivity contribution in [2.45, 2.75) is 31.0 Å². The number of anilines is 1. The van der Waals surface area contributed by atoms with Gasteiger partial charge in [0.1, 0.15) is 22.8 Å². The highest BCUT2D eigenvalue weighted by Crippen LogP contribution is 2.53. The van der Waals surface area contributed by atoms with Crippen molar-refractivity contribution in [2.24, 2.45) is 17.6 Å². The number of aromatic hydroxyl groups is 1. The van der Waals surface area contributed by atoms with Crippen LogP contribution in [0.3, 0.4) is 0 Å². The molecule has 1 aromatic rings. The summed E-state index contributed by atoms with van der Waals surface area (Å²) in [5, 5.41) is 46.6. The van der Waals surface area contributed by atoms with Crippen LogP contribution in [0.5, 0.6) is 5.75 Å². The molecule has 0 unspecified atom stereocenters. The Balaban J connectivity index is 1.96. The second kappa shape index (κ2) is 9.38. The number of aliphatic hydroxyl groups is 3. The van der Waals surface area contributed by atoms with Crippen molar-refractivity contribution in [3.8, 4) is 5.75 Å². The van der Waals surface area contributed by atoms with E-state index >= 15 is 0 Å². The summed E-state index contributed by atoms with van der Waals surface area (Å²) < 4.78 is 0. The number of benzene rings is 1. The number of amides is 1. The Morgan fingerprint density at radius 2 is 1.79 bits per heavy atom. The van der Waals surface area contributed by atoms with Gasteiger partial charge in [-0.05, 0) is 44.5 Å². The Morgan fingerprint density at radius 3 is 2.32 bits per heavy atom. The molecule has 0 fully saturated rings. The molecule has 3 aliphatic rings. The lowest BCUT2D eigenvalue weighted by atomic mass is 9.58. The van der Waals surface area contributed by atoms with Gasteiger partial charge in [-0.25, -0.2) is 0 Å². The summed E-state index contributed by atoms with van der Waals surface area (Å²) in [4.78, 5) is 48.0. The molecule has 0 saturated heterocycles. The van der Waals surface area contributed by atoms with Crippen LogP contribution in [-0.4, -0.2) is 102 Å². The van der Waals surface area contributed by atoms with E-state index in [-0.39, 0.29) is 36.3 Å². The number of Topliss-reactive ketones (excluding diaryl/α,β-unsaturated/α-hetero) is 2. The van der Waals surface area contributed by atoms with E-state index in [4.69, 9.17) is 10.6 Å². The number of ketones is 2. The minimum atomic E-state index is -2.67. The van der Waals surface area contributed by atoms with Crippen molar-refractivity contribution in [3.05, 3.63) is 45.4 Å². The lowest BCUT2D eigenvalue weighted by Crippen LogP contribution is -2.63. The first-order valence-electron chi connectivity index (χ1n) is 12.1. The number of nitrogens with zero attached hydrogens (tertiary/aromatic N) is 3. The van der Waals surface area contributed by atoms with Crippen molar-refractivity contribution < 1.29 is 39.6 Å². The summed E-state index contributed by atoms with van der Waals surface area (Å²) in [6, 6.07) is 0.736. The molecule has 0 spiro atoms. The topological polar surface area (TPSA) is 177 Å². The molecule has 6 N–H and O–H groups in total. The van der Waals surface area contributed by atoms with Crippen LogP contribution in [0.2, 0.25) is 0 Å². The molecular weight excluding hydrogens is 496 g/mol. The average Bonchev–Trinajstić information content (AvgIpc) is 2.82. The van der Waals surface area contributed by atoms with Crippen LogP contribution in [0.15, 0.2) is 28.7 Å². The molecule has 0 bridgehead atoms. The zero-order chi connectivity index (χ0) is 28.4. The molecule has 0 radical (unpaired) electrons. The third-order valence-corrected chi connectivity index (χ3v) is 7.96. The molecule has 4 rings (SSSR count). The van der Waals surface area contributed by atoms with Gasteiger partial charge in [-0.1, -0.05) is 0 Å². The van der Waals surface area contributed by atoms with Crippen LogP contribution in [-0.2, 0) is 27.4 Å². The number of hydrogen-bond acceptors (Lipinski definition) is 11. The van der Waals surface area contributed by atoms with Crippen molar-refractivity contribution in [3.63, 3.8) is 0 Å². The van der Waals surface area contributed by atoms with Crippen LogP contribution in [0.25, 0.3) is 0 Å². The molecule has 1 aromatic carbocycles. The largest absolute Gasteiger partial charge is 0.510 e. The highest BCUT2D eigenvalue weighted by atomic mass is 16.7. The third-order valence-electron chi connectivity index (χ3n) is 7.96. The van der Waals surface area contributed by atoms with Gasteiger partial charge in [-0.15, -0.1) is 0 Å². The van der Waals surface area contributed by atoms with Gasteiger partial charge in [-0.2, -0.15) is 5.06 Å². The second-order valence-electron chi connectivity index (χ2n) is 10.6. The van der Waals surface area contributed by atoms with Crippen LogP contribution in [0.1, 0.15) is 27.9 Å². The van der Waals surface area contributed by atoms with Gasteiger partial charge < -0.3 is 35.9 Å². The maximum Gasteiger partial charge on any atom is 0.255 e. The molecule has 1 amide bonds. The van der Waals surface area contributed by atoms with E-state index in [1.54, 1.807) is 41.3 Å². The first-order valence-corrected chi connectivity index (χ1v) is 12.1. The molecule has 0 aromatic heterocycles. The molecular formula is C26H34N4O8. The van der Waals surface area contributed by atoms with E-state index in [1.807, 2.05) is 4.90 Å². The zero-order valence-corrected chi connectivity index (χ0v) is 22.3. The molecule has 12 nitrogen and oxygen atoms in total. The number of hydrogen-bond donors (Lipinski definition) is 5. The summed E-state index contributed by atoms with van der Waals surface area (Å²) >= 11 is 0. The first kappa shape index (κ1) is 27.6. The minimum absolute atomic E-state index is 0.0310. The van der Waals surface area contributed by atoms with E-state index < -0.39 is 58.0 Å². The molecule has 0 saturated carbocycles. The standard InChI is InChI=1S/C26H34N4O8/c1-28(2)15-9-12(10-30(5)38-6)20(31)17-13(15)7-11-8-14-19(29(3)4)22(33)18(25(27)36)24(35)26(14,37)23(34)16(11)21(17)32/h9,11,14,19,31,33-34,37H,7-8,10H2,1-6H3,(H2,27,36)/t11-,14-,19-,26-/m0/s1. The van der Waals surface area contributed by atoms with E-state index in [1.165, 1.54) is 17.1 Å². The normalized spacial score (nSPS) is 27.0. The Bertz CT molecular complexity index is 1300. The van der Waals surface area contributed by atoms with Crippen molar-refractivity contribution >= 4 is 23.2 Å². The van der Waals surface area contributed by atoms with Crippen LogP contribution in [0.4, 0.5) is 5.69 Å². The predicted octanol–water partition coefficient (Wildman–Crippen LogP) is 0.180. The lowest BCUT2D eigenvalue weighted by Gasteiger charge is -2.50. The summed E-state index contributed by atoms with van der Waals surface area (Å²) in [7, 11) is 9.92. The number of carbonyl (C=O) groups excluding carboxylic acids is 3. The monoisotopic (exact) mass is 530 g/mol. The molecule has 3 aliphatic carbocycles. The number of rotatable bonds is 6. The summed E-state index contributed by atoms with van der Waals surface area (Å²) in [6.45, 7) is 0.152. The number of nitrogens with two attached hydrogens (primary N) is 1. The molecule has 0 aliphatic heterocycles. The average molecular weight is 531 g/mol. The number of likely N-dealkylation sites (N-methyl/N-ethyl adjacent to an activating group) is 1. The molecule has 4 atom stereocenters. The van der Waals surface area contributed by atoms with Gasteiger partial charge in [0.15, 0.2) is 11.4 Å². The van der Waals surface area contributed by atoms with Gasteiger partial charge in [0, 0.05) is 43.9 Å². The number of carbonyl (C=O) groups is 3. The van der Waals surface area contributed by atoms with E-state index in [0.717, 1.165) is 0 Å². The number of hydroxylamine groups is 2. The zero-order valence-electron chi connectivity index (χ0n) is 22.3. The van der Waals surface area contributed by atoms with Crippen molar-refractivity contribution in [1.29, 1.82) is 0 Å². The Labute approximate surface area is 220 Å². The van der Waals surface area contributed by atoms with Crippen molar-refractivity contribution in [1.82, 2.24) is 9.96 Å². The number of phenols is 1. The first-order chi connectivity index (χ1) is 17.7. The van der Waals surface area contributed by atoms with Crippen LogP contribution in [0, 0.1) is 11.8 Å². The van der Waals surface area contributed by atoms with Gasteiger partial charge in [0.05, 0.1) is 25.3 Å². The molecule has 12 heteroatoms. The minimum Gasteiger partial charge on any atom is -0.510 e. The van der Waals surface area contributed by atoms with Gasteiger partial charge in [-0.3, -0.25) is 19.3 Å². The number of fused-ring (bicyclic) bond motifs is 3. The van der Waals surface area contributed by atoms with E-state index in [9.17, 15) is 34.8 Å². The Hall–Kier alpha value is -3.45. The third kappa shape index (κ3) is 3.78. The number of aliphatic hydroxyl groups excluding tert-OH is 2. The quantitative estimate of drug-likeness (QED) is 0.250. The van der Waals surface area contributed by atoms with Gasteiger partial charge >= 0.3 is 0 Å². The smallest absolute Gasteiger partial charge is 0.255 e. The number of allylic oxidation sites excluding steroid dienone is 1. The van der Waals surface area contributed by atoms with Crippen LogP contribution >= 0.6 is 0 Å². The SMILES string of the molecule is CON(C)Cc1cc(N(C)C)c2c(c1O)C(=O)C1=C(O)[C@]3(O)C(=O)C(C(N)=O)=C(O)[C@@H](N(C)C)[C@@H]3C[C@@H]1C2. The van der Waals surface area contributed by atoms with Crippen molar-refractivity contribution in [2.75, 3.05) is 47.2 Å². The fourth-order valence-electron chi connectivity index (χ4n) is 6.18. The number of phenolic OH excluding ortho intramolecular Hbond substituents is 1. The second-order valence-corrected chi connectivity index (χ2v) is 10.6. The van der Waals surface area contributed by atoms with Crippen LogP contribution < -0.4 is 10.6 Å². The maximum atomic E-state index is 14.0. The summed E-state index contributed by atoms with van der Waals surface area (Å²) in [5.74, 6) is -6.72. The fourth-order valence-corrected chi connectivity index (χ4v) is 6.18. The summed E-state index contributed by atoms with van der Waals surface area (Å²) in [5.41, 5.74) is 3.30. The Morgan fingerprint density at radius 1 is 1.16 bits per heavy atom. The van der Waals surface area contributed by atoms with E-state index in [2.05, 4.69) is 0 Å². The maximum absolute atomic E-state index is 14.0. The molecule has 0 heterocycles. The predicted molar refractivity (Wildman–Crippen MR) is 136 cm³/mol. The number of primary amides is 1. The molecule has 206 valence electrons. The highest BCUT2D eigenvalue weighted by molar-refractivity contribution is 6.24. The Kier molecular flexibility index (Phi) is 6.81. The van der Waals surface area contributed by atoms with Gasteiger partial charge in [0.25, 0.3) is 5.91 Å². The van der Waals surface area contributed by atoms with Gasteiger partial charge in [0.2, 0.25) is 5.78 Å². The highest BCUT2D eigenvalue weighted by Gasteiger charge is 2.63. The molecule has 38 heavy (non-hydrogen) atoms.